The molecule has 0 saturated carbocycles. The number of aliphatic hydroxyl groups is 1. The molecule has 0 aliphatic heterocycles. The maximum atomic E-state index is 12.6. The van der Waals surface area contributed by atoms with Gasteiger partial charge in [0.15, 0.2) is 0 Å². The minimum absolute atomic E-state index is 0.0275. The zero-order chi connectivity index (χ0) is 17.9. The molecule has 0 amide bonds. The van der Waals surface area contributed by atoms with Crippen molar-refractivity contribution in [2.75, 3.05) is 17.7 Å². The number of rotatable bonds is 6. The maximum Gasteiger partial charge on any atom is 0.487 e. The molecule has 0 bridgehead atoms. The van der Waals surface area contributed by atoms with Gasteiger partial charge in [0.2, 0.25) is 0 Å². The SMILES string of the molecule is C[C@H](CO)Nc1c(N)cc(-c2ccc(OC(F)(F)Cl)cc2)cc1Br. The van der Waals surface area contributed by atoms with Crippen LogP contribution in [0.15, 0.2) is 40.9 Å². The summed E-state index contributed by atoms with van der Waals surface area (Å²) in [6.45, 7) is 1.80. The number of hydrogen-bond acceptors (Lipinski definition) is 4. The highest BCUT2D eigenvalue weighted by molar-refractivity contribution is 9.10. The fourth-order valence-corrected chi connectivity index (χ4v) is 2.77. The fourth-order valence-electron chi connectivity index (χ4n) is 2.09. The van der Waals surface area contributed by atoms with Crippen LogP contribution in [-0.2, 0) is 0 Å². The third-order valence-electron chi connectivity index (χ3n) is 3.21. The normalized spacial score (nSPS) is 12.8. The largest absolute Gasteiger partial charge is 0.487 e. The molecule has 0 aromatic heterocycles. The van der Waals surface area contributed by atoms with Gasteiger partial charge in [-0.3, -0.25) is 0 Å². The van der Waals surface area contributed by atoms with Crippen LogP contribution in [0.5, 0.6) is 5.75 Å². The predicted octanol–water partition coefficient (Wildman–Crippen LogP) is 4.66. The number of halogens is 4. The van der Waals surface area contributed by atoms with Crippen LogP contribution in [0.3, 0.4) is 0 Å². The van der Waals surface area contributed by atoms with Gasteiger partial charge in [-0.2, -0.15) is 0 Å². The number of alkyl halides is 3. The molecule has 130 valence electrons. The van der Waals surface area contributed by atoms with Crippen molar-refractivity contribution in [2.24, 2.45) is 0 Å². The second kappa shape index (κ2) is 7.55. The lowest BCUT2D eigenvalue weighted by Crippen LogP contribution is -2.20. The van der Waals surface area contributed by atoms with Gasteiger partial charge >= 0.3 is 5.57 Å². The molecule has 0 heterocycles. The van der Waals surface area contributed by atoms with Crippen LogP contribution < -0.4 is 15.8 Å². The molecule has 2 aromatic carbocycles. The molecule has 0 unspecified atom stereocenters. The van der Waals surface area contributed by atoms with Crippen molar-refractivity contribution in [3.63, 3.8) is 0 Å². The molecule has 4 nitrogen and oxygen atoms in total. The highest BCUT2D eigenvalue weighted by Gasteiger charge is 2.27. The summed E-state index contributed by atoms with van der Waals surface area (Å²) >= 11 is 8.18. The van der Waals surface area contributed by atoms with Gasteiger partial charge < -0.3 is 20.9 Å². The van der Waals surface area contributed by atoms with Gasteiger partial charge in [-0.25, -0.2) is 0 Å². The number of aliphatic hydroxyl groups excluding tert-OH is 1. The molecule has 2 rings (SSSR count). The summed E-state index contributed by atoms with van der Waals surface area (Å²) in [6, 6.07) is 9.50. The molecular weight excluding hydrogens is 406 g/mol. The highest BCUT2D eigenvalue weighted by Crippen LogP contribution is 2.36. The fraction of sp³-hybridized carbons (Fsp3) is 0.250. The van der Waals surface area contributed by atoms with Crippen molar-refractivity contribution >= 4 is 38.9 Å². The number of hydrogen-bond donors (Lipinski definition) is 3. The van der Waals surface area contributed by atoms with E-state index in [0.29, 0.717) is 11.4 Å². The van der Waals surface area contributed by atoms with E-state index in [-0.39, 0.29) is 18.4 Å². The number of nitrogens with two attached hydrogens (primary N) is 1. The van der Waals surface area contributed by atoms with Crippen LogP contribution in [0.2, 0.25) is 0 Å². The van der Waals surface area contributed by atoms with Crippen LogP contribution in [-0.4, -0.2) is 23.3 Å². The zero-order valence-electron chi connectivity index (χ0n) is 12.7. The Hall–Kier alpha value is -1.57. The summed E-state index contributed by atoms with van der Waals surface area (Å²) in [5, 5.41) is 12.2. The van der Waals surface area contributed by atoms with Gasteiger partial charge in [0, 0.05) is 22.1 Å². The Morgan fingerprint density at radius 3 is 2.42 bits per heavy atom. The summed E-state index contributed by atoms with van der Waals surface area (Å²) in [5.74, 6) is -0.0409. The quantitative estimate of drug-likeness (QED) is 0.469. The first-order valence-electron chi connectivity index (χ1n) is 7.02. The summed E-state index contributed by atoms with van der Waals surface area (Å²) in [5.41, 5.74) is 5.06. The number of nitrogen functional groups attached to an aromatic ring is 1. The first kappa shape index (κ1) is 18.8. The van der Waals surface area contributed by atoms with Gasteiger partial charge in [0.1, 0.15) is 5.75 Å². The van der Waals surface area contributed by atoms with E-state index in [2.05, 4.69) is 26.0 Å². The van der Waals surface area contributed by atoms with Crippen molar-refractivity contribution in [3.8, 4) is 16.9 Å². The summed E-state index contributed by atoms with van der Waals surface area (Å²) in [7, 11) is 0. The average molecular weight is 422 g/mol. The highest BCUT2D eigenvalue weighted by atomic mass is 79.9. The van der Waals surface area contributed by atoms with Crippen molar-refractivity contribution in [2.45, 2.75) is 18.5 Å². The number of nitrogens with one attached hydrogen (secondary N) is 1. The Kier molecular flexibility index (Phi) is 5.90. The van der Waals surface area contributed by atoms with Crippen LogP contribution in [0, 0.1) is 0 Å². The van der Waals surface area contributed by atoms with E-state index in [1.807, 2.05) is 13.0 Å². The summed E-state index contributed by atoms with van der Waals surface area (Å²) in [4.78, 5) is 0. The number of benzene rings is 2. The molecule has 0 aliphatic carbocycles. The molecule has 2 aromatic rings. The van der Waals surface area contributed by atoms with Crippen LogP contribution in [0.25, 0.3) is 11.1 Å². The first-order chi connectivity index (χ1) is 11.2. The third-order valence-corrected chi connectivity index (χ3v) is 3.91. The Balaban J connectivity index is 2.26. The van der Waals surface area contributed by atoms with Crippen LogP contribution in [0.1, 0.15) is 6.92 Å². The number of ether oxygens (including phenoxy) is 1. The van der Waals surface area contributed by atoms with E-state index in [9.17, 15) is 8.78 Å². The molecule has 0 aliphatic rings. The van der Waals surface area contributed by atoms with Gasteiger partial charge in [-0.15, -0.1) is 8.78 Å². The van der Waals surface area contributed by atoms with Crippen molar-refractivity contribution < 1.29 is 18.6 Å². The molecular formula is C16H16BrClF2N2O2. The maximum absolute atomic E-state index is 12.6. The van der Waals surface area contributed by atoms with E-state index < -0.39 is 5.57 Å². The average Bonchev–Trinajstić information content (AvgIpc) is 2.49. The Morgan fingerprint density at radius 1 is 1.29 bits per heavy atom. The van der Waals surface area contributed by atoms with E-state index in [4.69, 9.17) is 22.4 Å². The summed E-state index contributed by atoms with van der Waals surface area (Å²) in [6.07, 6.45) is 0. The molecule has 24 heavy (non-hydrogen) atoms. The Morgan fingerprint density at radius 2 is 1.92 bits per heavy atom. The predicted molar refractivity (Wildman–Crippen MR) is 95.6 cm³/mol. The lowest BCUT2D eigenvalue weighted by molar-refractivity contribution is -0.0964. The van der Waals surface area contributed by atoms with E-state index in [1.54, 1.807) is 18.2 Å². The van der Waals surface area contributed by atoms with Gasteiger partial charge in [-0.05, 0) is 58.2 Å². The standard InChI is InChI=1S/C16H16BrClF2N2O2/c1-9(8-23)22-15-13(17)6-11(7-14(15)21)10-2-4-12(5-3-10)24-16(18,19)20/h2-7,9,22-23H,8,21H2,1H3/t9-/m1/s1. The topological polar surface area (TPSA) is 67.5 Å². The van der Waals surface area contributed by atoms with Crippen molar-refractivity contribution in [1.82, 2.24) is 0 Å². The zero-order valence-corrected chi connectivity index (χ0v) is 15.0. The van der Waals surface area contributed by atoms with Crippen LogP contribution in [0.4, 0.5) is 20.2 Å². The van der Waals surface area contributed by atoms with E-state index in [1.165, 1.54) is 12.1 Å². The number of anilines is 2. The second-order valence-corrected chi connectivity index (χ2v) is 6.52. The van der Waals surface area contributed by atoms with Gasteiger partial charge in [0.05, 0.1) is 18.0 Å². The van der Waals surface area contributed by atoms with E-state index in [0.717, 1.165) is 15.6 Å². The Labute approximate surface area is 151 Å². The van der Waals surface area contributed by atoms with Gasteiger partial charge in [-0.1, -0.05) is 12.1 Å². The molecule has 0 radical (unpaired) electrons. The van der Waals surface area contributed by atoms with Crippen molar-refractivity contribution in [1.29, 1.82) is 0 Å². The molecule has 4 N–H and O–H groups in total. The first-order valence-corrected chi connectivity index (χ1v) is 8.19. The lowest BCUT2D eigenvalue weighted by Gasteiger charge is -2.17. The van der Waals surface area contributed by atoms with E-state index >= 15 is 0 Å². The smallest absolute Gasteiger partial charge is 0.420 e. The molecule has 8 heteroatoms. The Bertz CT molecular complexity index is 685. The van der Waals surface area contributed by atoms with Crippen LogP contribution >= 0.6 is 27.5 Å². The van der Waals surface area contributed by atoms with Gasteiger partial charge in [0.25, 0.3) is 0 Å². The monoisotopic (exact) mass is 420 g/mol. The minimum atomic E-state index is -3.74. The molecule has 0 spiro atoms. The molecule has 0 saturated heterocycles. The summed E-state index contributed by atoms with van der Waals surface area (Å²) < 4.78 is 30.2. The lowest BCUT2D eigenvalue weighted by atomic mass is 10.0. The van der Waals surface area contributed by atoms with Crippen molar-refractivity contribution in [3.05, 3.63) is 40.9 Å². The third kappa shape index (κ3) is 4.96. The minimum Gasteiger partial charge on any atom is -0.420 e. The second-order valence-electron chi connectivity index (χ2n) is 5.22. The molecule has 0 fully saturated rings. The molecule has 1 atom stereocenters.